The molecule has 0 spiro atoms. The van der Waals surface area contributed by atoms with Crippen LogP contribution in [0.2, 0.25) is 0 Å². The fourth-order valence-corrected chi connectivity index (χ4v) is 6.77. The van der Waals surface area contributed by atoms with Crippen molar-refractivity contribution < 1.29 is 32.9 Å². The van der Waals surface area contributed by atoms with Crippen molar-refractivity contribution in [3.05, 3.63) is 36.5 Å². The molecule has 3 atom stereocenters. The first kappa shape index (κ1) is 51.7. The van der Waals surface area contributed by atoms with E-state index < -0.39 is 26.6 Å². The Hall–Kier alpha value is -1.28. The van der Waals surface area contributed by atoms with Gasteiger partial charge in [-0.05, 0) is 57.8 Å². The number of phosphoric ester groups is 1. The van der Waals surface area contributed by atoms with Gasteiger partial charge in [0, 0.05) is 6.42 Å². The first-order chi connectivity index (χ1) is 25.5. The van der Waals surface area contributed by atoms with Gasteiger partial charge in [-0.25, -0.2) is 0 Å². The third-order valence-corrected chi connectivity index (χ3v) is 10.5. The van der Waals surface area contributed by atoms with Crippen LogP contribution in [0, 0.1) is 0 Å². The van der Waals surface area contributed by atoms with E-state index in [2.05, 4.69) is 43.5 Å². The number of aliphatic hydroxyl groups is 1. The number of carbonyl (C=O) groups is 1. The zero-order valence-electron chi connectivity index (χ0n) is 35.2. The van der Waals surface area contributed by atoms with E-state index in [-0.39, 0.29) is 12.5 Å². The molecule has 0 aromatic carbocycles. The summed E-state index contributed by atoms with van der Waals surface area (Å²) in [6.07, 6.45) is 43.3. The summed E-state index contributed by atoms with van der Waals surface area (Å²) in [6, 6.07) is -0.905. The molecule has 312 valence electrons. The minimum absolute atomic E-state index is 0.00798. The number of aliphatic hydroxyl groups excluding tert-OH is 1. The quantitative estimate of drug-likeness (QED) is 0.0279. The van der Waals surface area contributed by atoms with Gasteiger partial charge in [0.25, 0.3) is 7.82 Å². The van der Waals surface area contributed by atoms with Crippen LogP contribution < -0.4 is 10.2 Å². The SMILES string of the molecule is CCCCCCCC/C=C/CCCCCCCC(=O)N[C@@H](COP(=O)([O-])OCC[N+](C)(C)C)[C@H](O)/C=C/CC/C=C/CCCCCCCCCCCC. The Bertz CT molecular complexity index is 964. The molecule has 9 heteroatoms. The molecule has 1 unspecified atom stereocenters. The van der Waals surface area contributed by atoms with Gasteiger partial charge in [-0.1, -0.05) is 159 Å². The smallest absolute Gasteiger partial charge is 0.268 e. The third-order valence-electron chi connectivity index (χ3n) is 9.57. The molecule has 0 radical (unpaired) electrons. The Morgan fingerprint density at radius 3 is 1.53 bits per heavy atom. The van der Waals surface area contributed by atoms with Crippen molar-refractivity contribution in [2.45, 2.75) is 199 Å². The summed E-state index contributed by atoms with van der Waals surface area (Å²) in [7, 11) is 1.24. The normalized spacial score (nSPS) is 14.8. The van der Waals surface area contributed by atoms with Crippen LogP contribution in [0.25, 0.3) is 0 Å². The lowest BCUT2D eigenvalue weighted by Gasteiger charge is -2.29. The van der Waals surface area contributed by atoms with Crippen molar-refractivity contribution in [1.29, 1.82) is 0 Å². The van der Waals surface area contributed by atoms with Crippen LogP contribution in [0.15, 0.2) is 36.5 Å². The topological polar surface area (TPSA) is 108 Å². The van der Waals surface area contributed by atoms with Gasteiger partial charge in [-0.2, -0.15) is 0 Å². The number of nitrogens with one attached hydrogen (secondary N) is 1. The molecule has 0 aromatic rings. The summed E-state index contributed by atoms with van der Waals surface area (Å²) >= 11 is 0. The maximum atomic E-state index is 12.8. The van der Waals surface area contributed by atoms with Crippen LogP contribution in [0.4, 0.5) is 0 Å². The molecule has 8 nitrogen and oxygen atoms in total. The Morgan fingerprint density at radius 1 is 0.642 bits per heavy atom. The van der Waals surface area contributed by atoms with Gasteiger partial charge in [-0.15, -0.1) is 0 Å². The maximum absolute atomic E-state index is 12.8. The molecule has 2 N–H and O–H groups in total. The number of likely N-dealkylation sites (N-methyl/N-ethyl adjacent to an activating group) is 1. The highest BCUT2D eigenvalue weighted by molar-refractivity contribution is 7.45. The van der Waals surface area contributed by atoms with Gasteiger partial charge < -0.3 is 28.8 Å². The molecule has 0 fully saturated rings. The fourth-order valence-electron chi connectivity index (χ4n) is 6.04. The minimum atomic E-state index is -4.59. The van der Waals surface area contributed by atoms with E-state index in [1.54, 1.807) is 6.08 Å². The van der Waals surface area contributed by atoms with Crippen LogP contribution in [-0.2, 0) is 18.4 Å². The van der Waals surface area contributed by atoms with Crippen LogP contribution in [0.3, 0.4) is 0 Å². The molecule has 53 heavy (non-hydrogen) atoms. The lowest BCUT2D eigenvalue weighted by atomic mass is 10.1. The lowest BCUT2D eigenvalue weighted by Crippen LogP contribution is -2.45. The number of allylic oxidation sites excluding steroid dienone is 5. The average molecular weight is 769 g/mol. The Labute approximate surface area is 327 Å². The van der Waals surface area contributed by atoms with Crippen LogP contribution in [0.1, 0.15) is 187 Å². The van der Waals surface area contributed by atoms with Crippen LogP contribution >= 0.6 is 7.82 Å². The van der Waals surface area contributed by atoms with Gasteiger partial charge in [0.05, 0.1) is 39.9 Å². The van der Waals surface area contributed by atoms with E-state index in [4.69, 9.17) is 9.05 Å². The first-order valence-electron chi connectivity index (χ1n) is 21.9. The summed E-state index contributed by atoms with van der Waals surface area (Å²) in [4.78, 5) is 25.2. The number of hydrogen-bond acceptors (Lipinski definition) is 6. The summed E-state index contributed by atoms with van der Waals surface area (Å²) in [5.74, 6) is -0.217. The van der Waals surface area contributed by atoms with Crippen molar-refractivity contribution in [3.63, 3.8) is 0 Å². The number of amides is 1. The Morgan fingerprint density at radius 2 is 1.06 bits per heavy atom. The van der Waals surface area contributed by atoms with E-state index in [0.29, 0.717) is 17.4 Å². The van der Waals surface area contributed by atoms with Gasteiger partial charge in [0.15, 0.2) is 0 Å². The number of phosphoric acid groups is 1. The molecule has 0 aliphatic carbocycles. The zero-order chi connectivity index (χ0) is 39.3. The third kappa shape index (κ3) is 38.8. The van der Waals surface area contributed by atoms with Crippen molar-refractivity contribution in [1.82, 2.24) is 5.32 Å². The molecule has 0 aromatic heterocycles. The predicted molar refractivity (Wildman–Crippen MR) is 224 cm³/mol. The standard InChI is InChI=1S/C44H85N2O6P/c1-6-8-10-12-14-16-18-20-22-24-25-27-29-31-33-35-37-43(47)42(41-52-53(49,50)51-40-39-46(3,4)5)45-44(48)38-36-34-32-30-28-26-23-21-19-17-15-13-11-9-7-2/h21,23,27,29,35,37,42-43,47H,6-20,22,24-26,28,30-34,36,38-41H2,1-5H3,(H-,45,48,49,50)/b23-21+,29-27+,37-35+/t42-,43+/m0/s1. The Balaban J connectivity index is 4.51. The number of hydrogen-bond donors (Lipinski definition) is 2. The predicted octanol–water partition coefficient (Wildman–Crippen LogP) is 11.3. The van der Waals surface area contributed by atoms with E-state index in [1.807, 2.05) is 27.2 Å². The van der Waals surface area contributed by atoms with Crippen molar-refractivity contribution >= 4 is 13.7 Å². The van der Waals surface area contributed by atoms with Crippen molar-refractivity contribution in [2.75, 3.05) is 40.9 Å². The molecule has 0 saturated carbocycles. The number of rotatable bonds is 39. The second-order valence-corrected chi connectivity index (χ2v) is 17.4. The van der Waals surface area contributed by atoms with E-state index in [1.165, 1.54) is 116 Å². The Kier molecular flexibility index (Phi) is 35.5. The minimum Gasteiger partial charge on any atom is -0.756 e. The second-order valence-electron chi connectivity index (χ2n) is 16.0. The molecule has 0 aliphatic rings. The molecule has 0 aliphatic heterocycles. The average Bonchev–Trinajstić information content (AvgIpc) is 3.10. The van der Waals surface area contributed by atoms with E-state index >= 15 is 0 Å². The molecule has 1 amide bonds. The zero-order valence-corrected chi connectivity index (χ0v) is 36.1. The summed E-state index contributed by atoms with van der Waals surface area (Å²) < 4.78 is 23.1. The maximum Gasteiger partial charge on any atom is 0.268 e. The highest BCUT2D eigenvalue weighted by Crippen LogP contribution is 2.38. The molecular weight excluding hydrogens is 683 g/mol. The summed E-state index contributed by atoms with van der Waals surface area (Å²) in [5, 5.41) is 13.7. The molecule has 0 bridgehead atoms. The van der Waals surface area contributed by atoms with Gasteiger partial charge in [0.2, 0.25) is 5.91 Å². The van der Waals surface area contributed by atoms with Crippen LogP contribution in [-0.4, -0.2) is 68.5 Å². The fraction of sp³-hybridized carbons (Fsp3) is 0.841. The summed E-state index contributed by atoms with van der Waals surface area (Å²) in [6.45, 7) is 4.60. The molecule has 0 heterocycles. The van der Waals surface area contributed by atoms with E-state index in [9.17, 15) is 19.4 Å². The number of unbranched alkanes of at least 4 members (excludes halogenated alkanes) is 22. The summed E-state index contributed by atoms with van der Waals surface area (Å²) in [5.41, 5.74) is 0. The molecule has 0 saturated heterocycles. The van der Waals surface area contributed by atoms with Crippen molar-refractivity contribution in [2.24, 2.45) is 0 Å². The van der Waals surface area contributed by atoms with E-state index in [0.717, 1.165) is 51.4 Å². The van der Waals surface area contributed by atoms with Crippen LogP contribution in [0.5, 0.6) is 0 Å². The monoisotopic (exact) mass is 769 g/mol. The van der Waals surface area contributed by atoms with Gasteiger partial charge in [0.1, 0.15) is 13.2 Å². The number of carbonyl (C=O) groups excluding carboxylic acids is 1. The highest BCUT2D eigenvalue weighted by Gasteiger charge is 2.23. The van der Waals surface area contributed by atoms with Crippen molar-refractivity contribution in [3.8, 4) is 0 Å². The second kappa shape index (κ2) is 36.4. The highest BCUT2D eigenvalue weighted by atomic mass is 31.2. The number of quaternary nitrogens is 1. The largest absolute Gasteiger partial charge is 0.756 e. The van der Waals surface area contributed by atoms with Gasteiger partial charge >= 0.3 is 0 Å². The first-order valence-corrected chi connectivity index (χ1v) is 23.3. The molecule has 0 rings (SSSR count). The van der Waals surface area contributed by atoms with Gasteiger partial charge in [-0.3, -0.25) is 9.36 Å². The molecular formula is C44H85N2O6P. The number of nitrogens with zero attached hydrogens (tertiary/aromatic N) is 1. The lowest BCUT2D eigenvalue weighted by molar-refractivity contribution is -0.870.